The number of nitrogens with one attached hydrogen (secondary N) is 1. The van der Waals surface area contributed by atoms with Gasteiger partial charge in [0.15, 0.2) is 12.4 Å². The van der Waals surface area contributed by atoms with Crippen LogP contribution < -0.4 is 14.9 Å². The second kappa shape index (κ2) is 10.3. The molecule has 2 aromatic carbocycles. The van der Waals surface area contributed by atoms with Crippen molar-refractivity contribution in [1.82, 2.24) is 5.43 Å². The molecule has 0 aliphatic carbocycles. The molecule has 0 aliphatic heterocycles. The van der Waals surface area contributed by atoms with Crippen LogP contribution in [0.5, 0.6) is 11.5 Å². The number of benzene rings is 2. The van der Waals surface area contributed by atoms with E-state index >= 15 is 0 Å². The molecule has 3 rings (SSSR count). The maximum atomic E-state index is 11.9. The van der Waals surface area contributed by atoms with Gasteiger partial charge in [-0.2, -0.15) is 5.10 Å². The van der Waals surface area contributed by atoms with E-state index in [-0.39, 0.29) is 22.9 Å². The highest BCUT2D eigenvalue weighted by Gasteiger charge is 2.19. The van der Waals surface area contributed by atoms with Crippen molar-refractivity contribution in [1.29, 1.82) is 0 Å². The fraction of sp³-hybridized carbons (Fsp3) is 0.0500. The third-order valence-corrected chi connectivity index (χ3v) is 3.89. The molecule has 168 valence electrons. The van der Waals surface area contributed by atoms with Crippen LogP contribution in [0.2, 0.25) is 0 Å². The van der Waals surface area contributed by atoms with E-state index in [1.165, 1.54) is 54.7 Å². The quantitative estimate of drug-likeness (QED) is 0.167. The normalized spacial score (nSPS) is 10.5. The molecule has 0 radical (unpaired) electrons. The Bertz CT molecular complexity index is 1220. The van der Waals surface area contributed by atoms with Crippen LogP contribution in [0.4, 0.5) is 11.6 Å². The van der Waals surface area contributed by atoms with E-state index in [0.717, 1.165) is 12.1 Å². The van der Waals surface area contributed by atoms with Crippen LogP contribution in [0.25, 0.3) is 0 Å². The maximum Gasteiger partial charge on any atom is 0.433 e. The number of nitro benzene ring substituents is 1. The van der Waals surface area contributed by atoms with Gasteiger partial charge in [-0.05, 0) is 42.0 Å². The fourth-order valence-corrected chi connectivity index (χ4v) is 2.40. The van der Waals surface area contributed by atoms with Crippen LogP contribution in [-0.4, -0.2) is 34.5 Å². The Morgan fingerprint density at radius 3 is 2.39 bits per heavy atom. The van der Waals surface area contributed by atoms with Gasteiger partial charge in [0.25, 0.3) is 5.91 Å². The van der Waals surface area contributed by atoms with Crippen molar-refractivity contribution in [3.05, 3.63) is 92.2 Å². The van der Waals surface area contributed by atoms with Gasteiger partial charge in [-0.1, -0.05) is 12.1 Å². The molecule has 33 heavy (non-hydrogen) atoms. The first kappa shape index (κ1) is 22.6. The molecule has 1 heterocycles. The first-order valence-corrected chi connectivity index (χ1v) is 9.08. The van der Waals surface area contributed by atoms with E-state index < -0.39 is 34.2 Å². The Balaban J connectivity index is 1.48. The van der Waals surface area contributed by atoms with E-state index in [4.69, 9.17) is 13.9 Å². The highest BCUT2D eigenvalue weighted by molar-refractivity contribution is 5.88. The predicted molar refractivity (Wildman–Crippen MR) is 111 cm³/mol. The summed E-state index contributed by atoms with van der Waals surface area (Å²) in [7, 11) is 0. The number of nitro groups is 2. The number of rotatable bonds is 9. The summed E-state index contributed by atoms with van der Waals surface area (Å²) < 4.78 is 15.0. The average Bonchev–Trinajstić information content (AvgIpc) is 3.30. The summed E-state index contributed by atoms with van der Waals surface area (Å²) in [5.74, 6) is -2.34. The average molecular weight is 454 g/mol. The standard InChI is InChI=1S/C20H14N4O9/c25-18(12-31-16-4-2-1-3-15(16)23(27)28)22-21-11-13-5-7-14(8-6-13)32-20(26)17-9-10-19(33-17)24(29)30/h1-11H,12H2,(H,22,25)/b21-11+. The second-order valence-electron chi connectivity index (χ2n) is 6.16. The van der Waals surface area contributed by atoms with E-state index in [9.17, 15) is 29.8 Å². The van der Waals surface area contributed by atoms with E-state index in [1.54, 1.807) is 0 Å². The van der Waals surface area contributed by atoms with Crippen molar-refractivity contribution >= 4 is 29.7 Å². The van der Waals surface area contributed by atoms with Crippen LogP contribution in [0.1, 0.15) is 16.1 Å². The number of hydrogen-bond acceptors (Lipinski definition) is 10. The Kier molecular flexibility index (Phi) is 7.06. The summed E-state index contributed by atoms with van der Waals surface area (Å²) in [6.45, 7) is -0.484. The van der Waals surface area contributed by atoms with Gasteiger partial charge >= 0.3 is 17.5 Å². The summed E-state index contributed by atoms with van der Waals surface area (Å²) in [4.78, 5) is 43.9. The molecule has 0 fully saturated rings. The molecule has 0 atom stereocenters. The lowest BCUT2D eigenvalue weighted by Gasteiger charge is -2.05. The zero-order valence-corrected chi connectivity index (χ0v) is 16.6. The third kappa shape index (κ3) is 6.21. The Hall–Kier alpha value is -5.07. The van der Waals surface area contributed by atoms with Crippen molar-refractivity contribution in [2.75, 3.05) is 6.61 Å². The van der Waals surface area contributed by atoms with Crippen molar-refractivity contribution in [3.63, 3.8) is 0 Å². The van der Waals surface area contributed by atoms with Crippen LogP contribution in [0.3, 0.4) is 0 Å². The fourth-order valence-electron chi connectivity index (χ4n) is 2.40. The molecule has 1 N–H and O–H groups in total. The van der Waals surface area contributed by atoms with Gasteiger partial charge in [0, 0.05) is 6.07 Å². The largest absolute Gasteiger partial charge is 0.477 e. The number of nitrogens with zero attached hydrogens (tertiary/aromatic N) is 3. The monoisotopic (exact) mass is 454 g/mol. The summed E-state index contributed by atoms with van der Waals surface area (Å²) in [6, 6.07) is 13.8. The van der Waals surface area contributed by atoms with Gasteiger partial charge in [0.05, 0.1) is 17.2 Å². The molecule has 0 bridgehead atoms. The van der Waals surface area contributed by atoms with Gasteiger partial charge in [0.1, 0.15) is 10.7 Å². The first-order chi connectivity index (χ1) is 15.8. The minimum absolute atomic E-state index is 0.0454. The molecule has 1 aromatic heterocycles. The number of furan rings is 1. The first-order valence-electron chi connectivity index (χ1n) is 9.08. The second-order valence-corrected chi connectivity index (χ2v) is 6.16. The third-order valence-electron chi connectivity index (χ3n) is 3.89. The molecule has 0 saturated heterocycles. The van der Waals surface area contributed by atoms with Crippen LogP contribution in [0.15, 0.2) is 70.2 Å². The number of carbonyl (C=O) groups excluding carboxylic acids is 2. The Morgan fingerprint density at radius 2 is 1.73 bits per heavy atom. The Morgan fingerprint density at radius 1 is 1.00 bits per heavy atom. The van der Waals surface area contributed by atoms with Crippen molar-refractivity contribution < 1.29 is 33.3 Å². The number of para-hydroxylation sites is 2. The highest BCUT2D eigenvalue weighted by atomic mass is 16.7. The number of carbonyl (C=O) groups is 2. The predicted octanol–water partition coefficient (Wildman–Crippen LogP) is 2.84. The van der Waals surface area contributed by atoms with Gasteiger partial charge in [-0.25, -0.2) is 10.2 Å². The van der Waals surface area contributed by atoms with Crippen molar-refractivity contribution in [2.45, 2.75) is 0 Å². The molecule has 13 nitrogen and oxygen atoms in total. The SMILES string of the molecule is O=C(COc1ccccc1[N+](=O)[O-])N/N=C/c1ccc(OC(=O)c2ccc([N+](=O)[O-])o2)cc1. The van der Waals surface area contributed by atoms with Crippen molar-refractivity contribution in [3.8, 4) is 11.5 Å². The number of esters is 1. The number of amides is 1. The minimum atomic E-state index is -0.907. The lowest BCUT2D eigenvalue weighted by molar-refractivity contribution is -0.402. The summed E-state index contributed by atoms with van der Waals surface area (Å²) in [6.07, 6.45) is 1.31. The minimum Gasteiger partial charge on any atom is -0.477 e. The van der Waals surface area contributed by atoms with Crippen LogP contribution >= 0.6 is 0 Å². The molecule has 13 heteroatoms. The van der Waals surface area contributed by atoms with Gasteiger partial charge in [-0.15, -0.1) is 0 Å². The molecular formula is C20H14N4O9. The smallest absolute Gasteiger partial charge is 0.433 e. The molecule has 0 aliphatic rings. The molecule has 3 aromatic rings. The molecule has 0 unspecified atom stereocenters. The summed E-state index contributed by atoms with van der Waals surface area (Å²) in [5.41, 5.74) is 2.49. The zero-order valence-electron chi connectivity index (χ0n) is 16.6. The molecular weight excluding hydrogens is 440 g/mol. The van der Waals surface area contributed by atoms with Gasteiger partial charge < -0.3 is 13.9 Å². The van der Waals surface area contributed by atoms with Crippen LogP contribution in [-0.2, 0) is 4.79 Å². The topological polar surface area (TPSA) is 176 Å². The molecule has 1 amide bonds. The molecule has 0 spiro atoms. The van der Waals surface area contributed by atoms with Crippen LogP contribution in [0, 0.1) is 20.2 Å². The van der Waals surface area contributed by atoms with E-state index in [1.807, 2.05) is 0 Å². The highest BCUT2D eigenvalue weighted by Crippen LogP contribution is 2.25. The van der Waals surface area contributed by atoms with Gasteiger partial charge in [0.2, 0.25) is 5.76 Å². The van der Waals surface area contributed by atoms with E-state index in [2.05, 4.69) is 10.5 Å². The maximum absolute atomic E-state index is 11.9. The Labute approximate surface area is 184 Å². The molecule has 0 saturated carbocycles. The lowest BCUT2D eigenvalue weighted by atomic mass is 10.2. The zero-order chi connectivity index (χ0) is 23.8. The van der Waals surface area contributed by atoms with Crippen molar-refractivity contribution in [2.24, 2.45) is 5.10 Å². The number of ether oxygens (including phenoxy) is 2. The lowest BCUT2D eigenvalue weighted by Crippen LogP contribution is -2.24. The summed E-state index contributed by atoms with van der Waals surface area (Å²) in [5, 5.41) is 25.3. The van der Waals surface area contributed by atoms with E-state index in [0.29, 0.717) is 5.56 Å². The summed E-state index contributed by atoms with van der Waals surface area (Å²) >= 11 is 0. The number of hydrogen-bond donors (Lipinski definition) is 1. The number of hydrazone groups is 1. The van der Waals surface area contributed by atoms with Gasteiger partial charge in [-0.3, -0.25) is 25.0 Å².